The number of H-pyrrole nitrogens is 1. The maximum atomic E-state index is 12.8. The Labute approximate surface area is 158 Å². The van der Waals surface area contributed by atoms with Crippen molar-refractivity contribution >= 4 is 17.5 Å². The van der Waals surface area contributed by atoms with Gasteiger partial charge in [0.1, 0.15) is 5.75 Å². The zero-order valence-electron chi connectivity index (χ0n) is 15.8. The molecule has 2 amide bonds. The molecule has 0 bridgehead atoms. The number of aromatic nitrogens is 2. The minimum Gasteiger partial charge on any atom is -0.497 e. The van der Waals surface area contributed by atoms with Crippen LogP contribution >= 0.6 is 0 Å². The number of amides is 2. The Morgan fingerprint density at radius 2 is 2.07 bits per heavy atom. The van der Waals surface area contributed by atoms with Gasteiger partial charge in [0.2, 0.25) is 5.91 Å². The Kier molecular flexibility index (Phi) is 5.75. The summed E-state index contributed by atoms with van der Waals surface area (Å²) in [5, 5.41) is 12.7. The van der Waals surface area contributed by atoms with Crippen LogP contribution < -0.4 is 15.4 Å². The lowest BCUT2D eigenvalue weighted by molar-refractivity contribution is -0.121. The first-order valence-corrected chi connectivity index (χ1v) is 9.04. The summed E-state index contributed by atoms with van der Waals surface area (Å²) in [5.41, 5.74) is 2.97. The first kappa shape index (κ1) is 18.9. The second-order valence-electron chi connectivity index (χ2n) is 6.47. The average molecular weight is 371 g/mol. The lowest BCUT2D eigenvalue weighted by Gasteiger charge is -2.33. The van der Waals surface area contributed by atoms with Crippen LogP contribution in [0.2, 0.25) is 0 Å². The van der Waals surface area contributed by atoms with Crippen molar-refractivity contribution < 1.29 is 14.3 Å². The van der Waals surface area contributed by atoms with Gasteiger partial charge in [0.25, 0.3) is 5.91 Å². The van der Waals surface area contributed by atoms with Crippen LogP contribution in [0.1, 0.15) is 35.1 Å². The summed E-state index contributed by atoms with van der Waals surface area (Å²) in [7, 11) is 3.19. The highest BCUT2D eigenvalue weighted by molar-refractivity contribution is 5.95. The first-order valence-electron chi connectivity index (χ1n) is 9.04. The summed E-state index contributed by atoms with van der Waals surface area (Å²) in [4.78, 5) is 27.0. The number of hydrogen-bond donors (Lipinski definition) is 3. The molecule has 3 N–H and O–H groups in total. The van der Waals surface area contributed by atoms with E-state index in [9.17, 15) is 9.59 Å². The van der Waals surface area contributed by atoms with E-state index in [4.69, 9.17) is 4.74 Å². The highest BCUT2D eigenvalue weighted by Gasteiger charge is 2.31. The molecule has 0 saturated carbocycles. The van der Waals surface area contributed by atoms with Gasteiger partial charge in [0.15, 0.2) is 5.69 Å². The van der Waals surface area contributed by atoms with Gasteiger partial charge < -0.3 is 15.4 Å². The molecule has 2 aromatic rings. The van der Waals surface area contributed by atoms with Gasteiger partial charge in [-0.1, -0.05) is 6.92 Å². The fourth-order valence-corrected chi connectivity index (χ4v) is 3.40. The number of carbonyl (C=O) groups excluding carboxylic acids is 2. The number of carbonyl (C=O) groups is 2. The number of rotatable bonds is 6. The number of hydrogen-bond acceptors (Lipinski definition) is 5. The Bertz CT molecular complexity index is 815. The van der Waals surface area contributed by atoms with E-state index in [1.165, 1.54) is 0 Å². The number of nitrogens with one attached hydrogen (secondary N) is 3. The van der Waals surface area contributed by atoms with Gasteiger partial charge in [-0.15, -0.1) is 0 Å². The van der Waals surface area contributed by atoms with Gasteiger partial charge in [-0.2, -0.15) is 5.10 Å². The smallest absolute Gasteiger partial charge is 0.271 e. The number of benzene rings is 1. The largest absolute Gasteiger partial charge is 0.497 e. The summed E-state index contributed by atoms with van der Waals surface area (Å²) in [6.45, 7) is 3.24. The average Bonchev–Trinajstić information content (AvgIpc) is 3.12. The van der Waals surface area contributed by atoms with Crippen LogP contribution in [0, 0.1) is 0 Å². The van der Waals surface area contributed by atoms with Crippen molar-refractivity contribution in [2.24, 2.45) is 0 Å². The van der Waals surface area contributed by atoms with Crippen LogP contribution in [0.3, 0.4) is 0 Å². The molecule has 1 atom stereocenters. The first-order chi connectivity index (χ1) is 13.1. The molecule has 1 aromatic heterocycles. The molecular formula is C19H25N5O3. The van der Waals surface area contributed by atoms with Crippen LogP contribution in [-0.4, -0.2) is 53.7 Å². The van der Waals surface area contributed by atoms with Crippen molar-refractivity contribution in [1.29, 1.82) is 0 Å². The predicted molar refractivity (Wildman–Crippen MR) is 102 cm³/mol. The van der Waals surface area contributed by atoms with E-state index in [0.717, 1.165) is 35.7 Å². The summed E-state index contributed by atoms with van der Waals surface area (Å²) in [6.07, 6.45) is 1.40. The zero-order valence-corrected chi connectivity index (χ0v) is 15.8. The summed E-state index contributed by atoms with van der Waals surface area (Å²) in [6, 6.07) is 6.97. The van der Waals surface area contributed by atoms with Crippen molar-refractivity contribution in [1.82, 2.24) is 20.4 Å². The molecule has 0 aliphatic carbocycles. The fraction of sp³-hybridized carbons (Fsp3) is 0.421. The van der Waals surface area contributed by atoms with Crippen LogP contribution in [0.5, 0.6) is 5.75 Å². The summed E-state index contributed by atoms with van der Waals surface area (Å²) >= 11 is 0. The van der Waals surface area contributed by atoms with Crippen molar-refractivity contribution in [3.8, 4) is 5.75 Å². The number of anilines is 1. The van der Waals surface area contributed by atoms with Crippen LogP contribution in [0.4, 0.5) is 5.69 Å². The maximum Gasteiger partial charge on any atom is 0.271 e. The van der Waals surface area contributed by atoms with Crippen molar-refractivity contribution in [3.05, 3.63) is 41.2 Å². The number of nitrogens with zero attached hydrogens (tertiary/aromatic N) is 2. The SMILES string of the molecule is CCC(C(=O)Nc1ccc(OC)cc1)N1CCc2[nH]nc(C(=O)NC)c2C1. The molecule has 3 rings (SSSR count). The molecule has 1 aliphatic heterocycles. The van der Waals surface area contributed by atoms with Gasteiger partial charge in [-0.25, -0.2) is 0 Å². The van der Waals surface area contributed by atoms with Crippen molar-refractivity contribution in [2.45, 2.75) is 32.4 Å². The van der Waals surface area contributed by atoms with Gasteiger partial charge in [-0.3, -0.25) is 19.6 Å². The summed E-state index contributed by atoms with van der Waals surface area (Å²) < 4.78 is 5.14. The predicted octanol–water partition coefficient (Wildman–Crippen LogP) is 1.55. The molecule has 2 heterocycles. The third kappa shape index (κ3) is 3.95. The van der Waals surface area contributed by atoms with E-state index in [1.807, 2.05) is 31.2 Å². The van der Waals surface area contributed by atoms with Crippen molar-refractivity contribution in [3.63, 3.8) is 0 Å². The number of fused-ring (bicyclic) bond motifs is 1. The topological polar surface area (TPSA) is 99.3 Å². The molecule has 8 nitrogen and oxygen atoms in total. The minimum atomic E-state index is -0.285. The number of ether oxygens (including phenoxy) is 1. The monoisotopic (exact) mass is 371 g/mol. The van der Waals surface area contributed by atoms with Gasteiger partial charge in [-0.05, 0) is 30.7 Å². The van der Waals surface area contributed by atoms with E-state index < -0.39 is 0 Å². The number of methoxy groups -OCH3 is 1. The van der Waals surface area contributed by atoms with Gasteiger partial charge in [0.05, 0.1) is 13.2 Å². The lowest BCUT2D eigenvalue weighted by atomic mass is 10.0. The van der Waals surface area contributed by atoms with Crippen LogP contribution in [0.15, 0.2) is 24.3 Å². The van der Waals surface area contributed by atoms with E-state index in [2.05, 4.69) is 25.7 Å². The Hall–Kier alpha value is -2.87. The molecule has 0 saturated heterocycles. The Morgan fingerprint density at radius 3 is 2.70 bits per heavy atom. The molecule has 0 spiro atoms. The maximum absolute atomic E-state index is 12.8. The standard InChI is InChI=1S/C19H25N5O3/c1-4-16(18(25)21-12-5-7-13(27-3)8-6-12)24-10-9-15-14(11-24)17(23-22-15)19(26)20-2/h5-8,16H,4,9-11H2,1-3H3,(H,20,26)(H,21,25)(H,22,23). The lowest BCUT2D eigenvalue weighted by Crippen LogP contribution is -2.46. The Balaban J connectivity index is 1.72. The van der Waals surface area contributed by atoms with E-state index in [-0.39, 0.29) is 17.9 Å². The second-order valence-corrected chi connectivity index (χ2v) is 6.47. The summed E-state index contributed by atoms with van der Waals surface area (Å²) in [5.74, 6) is 0.464. The Morgan fingerprint density at radius 1 is 1.33 bits per heavy atom. The highest BCUT2D eigenvalue weighted by Crippen LogP contribution is 2.24. The normalized spacial score (nSPS) is 14.9. The van der Waals surface area contributed by atoms with Crippen LogP contribution in [0.25, 0.3) is 0 Å². The zero-order chi connectivity index (χ0) is 19.4. The molecule has 0 fully saturated rings. The van der Waals surface area contributed by atoms with E-state index in [0.29, 0.717) is 18.7 Å². The molecule has 8 heteroatoms. The van der Waals surface area contributed by atoms with Gasteiger partial charge >= 0.3 is 0 Å². The second kappa shape index (κ2) is 8.22. The third-order valence-electron chi connectivity index (χ3n) is 4.89. The molecule has 1 aliphatic rings. The van der Waals surface area contributed by atoms with E-state index in [1.54, 1.807) is 14.2 Å². The molecule has 144 valence electrons. The number of aromatic amines is 1. The molecule has 1 unspecified atom stereocenters. The molecule has 27 heavy (non-hydrogen) atoms. The van der Waals surface area contributed by atoms with E-state index >= 15 is 0 Å². The quantitative estimate of drug-likeness (QED) is 0.716. The van der Waals surface area contributed by atoms with Crippen LogP contribution in [-0.2, 0) is 17.8 Å². The van der Waals surface area contributed by atoms with Crippen molar-refractivity contribution in [2.75, 3.05) is 26.0 Å². The minimum absolute atomic E-state index is 0.0592. The molecule has 1 aromatic carbocycles. The van der Waals surface area contributed by atoms with Gasteiger partial charge in [0, 0.05) is 43.5 Å². The highest BCUT2D eigenvalue weighted by atomic mass is 16.5. The molecule has 0 radical (unpaired) electrons. The third-order valence-corrected chi connectivity index (χ3v) is 4.89. The molecular weight excluding hydrogens is 346 g/mol. The fourth-order valence-electron chi connectivity index (χ4n) is 3.40.